The minimum absolute atomic E-state index is 0.196. The van der Waals surface area contributed by atoms with Gasteiger partial charge in [-0.3, -0.25) is 14.5 Å². The average Bonchev–Trinajstić information content (AvgIpc) is 3.31. The van der Waals surface area contributed by atoms with Crippen molar-refractivity contribution >= 4 is 34.4 Å². The lowest BCUT2D eigenvalue weighted by atomic mass is 10.0. The SMILES string of the molecule is CCCCOc1cc2c(cc1Cl)n(CC)c(CN1C(=O)c3ccccc3C1=O)[n+]2CC1CCOCC1. The first-order valence-corrected chi connectivity index (χ1v) is 13.3. The summed E-state index contributed by atoms with van der Waals surface area (Å²) in [6.07, 6.45) is 3.95. The number of imide groups is 1. The van der Waals surface area contributed by atoms with E-state index < -0.39 is 0 Å². The van der Waals surface area contributed by atoms with Crippen molar-refractivity contribution in [1.82, 2.24) is 9.47 Å². The zero-order chi connectivity index (χ0) is 25.2. The fourth-order valence-electron chi connectivity index (χ4n) is 5.26. The molecule has 1 aromatic heterocycles. The second-order valence-corrected chi connectivity index (χ2v) is 9.95. The first-order valence-electron chi connectivity index (χ1n) is 12.9. The highest BCUT2D eigenvalue weighted by molar-refractivity contribution is 6.32. The molecule has 0 bridgehead atoms. The fourth-order valence-corrected chi connectivity index (χ4v) is 5.48. The lowest BCUT2D eigenvalue weighted by molar-refractivity contribution is -0.687. The zero-order valence-electron chi connectivity index (χ0n) is 21.0. The lowest BCUT2D eigenvalue weighted by Crippen LogP contribution is -2.45. The van der Waals surface area contributed by atoms with E-state index in [1.807, 2.05) is 12.1 Å². The Kier molecular flexibility index (Phi) is 7.30. The van der Waals surface area contributed by atoms with Gasteiger partial charge in [-0.25, -0.2) is 9.13 Å². The molecule has 190 valence electrons. The van der Waals surface area contributed by atoms with Crippen LogP contribution in [0.15, 0.2) is 36.4 Å². The van der Waals surface area contributed by atoms with E-state index in [0.29, 0.717) is 41.0 Å². The predicted molar refractivity (Wildman–Crippen MR) is 137 cm³/mol. The summed E-state index contributed by atoms with van der Waals surface area (Å²) in [6, 6.07) is 11.0. The van der Waals surface area contributed by atoms with Crippen molar-refractivity contribution in [2.24, 2.45) is 5.92 Å². The molecule has 8 heteroatoms. The van der Waals surface area contributed by atoms with Crippen LogP contribution in [-0.4, -0.2) is 41.1 Å². The number of carbonyl (C=O) groups is 2. The first-order chi connectivity index (χ1) is 17.5. The number of aromatic nitrogens is 2. The van der Waals surface area contributed by atoms with Gasteiger partial charge >= 0.3 is 0 Å². The smallest absolute Gasteiger partial charge is 0.277 e. The van der Waals surface area contributed by atoms with Crippen molar-refractivity contribution in [3.63, 3.8) is 0 Å². The third-order valence-corrected chi connectivity index (χ3v) is 7.56. The number of hydrogen-bond donors (Lipinski definition) is 0. The normalized spacial score (nSPS) is 16.2. The molecule has 2 amide bonds. The van der Waals surface area contributed by atoms with Crippen molar-refractivity contribution in [1.29, 1.82) is 0 Å². The Bertz CT molecular complexity index is 1260. The molecule has 2 aliphatic heterocycles. The highest BCUT2D eigenvalue weighted by atomic mass is 35.5. The van der Waals surface area contributed by atoms with Crippen LogP contribution < -0.4 is 9.30 Å². The fraction of sp³-hybridized carbons (Fsp3) is 0.464. The van der Waals surface area contributed by atoms with Crippen LogP contribution in [0, 0.1) is 5.92 Å². The highest BCUT2D eigenvalue weighted by Gasteiger charge is 2.39. The number of benzene rings is 2. The maximum absolute atomic E-state index is 13.2. The second kappa shape index (κ2) is 10.6. The molecule has 36 heavy (non-hydrogen) atoms. The van der Waals surface area contributed by atoms with Crippen LogP contribution in [0.1, 0.15) is 66.1 Å². The van der Waals surface area contributed by atoms with Gasteiger partial charge in [0, 0.05) is 31.3 Å². The van der Waals surface area contributed by atoms with Crippen molar-refractivity contribution in [3.05, 3.63) is 58.4 Å². The molecule has 0 N–H and O–H groups in total. The van der Waals surface area contributed by atoms with Crippen LogP contribution in [0.3, 0.4) is 0 Å². The Hall–Kier alpha value is -2.90. The molecule has 0 spiro atoms. The van der Waals surface area contributed by atoms with Crippen molar-refractivity contribution < 1.29 is 23.6 Å². The molecule has 0 radical (unpaired) electrons. The summed E-state index contributed by atoms with van der Waals surface area (Å²) in [4.78, 5) is 27.8. The summed E-state index contributed by atoms with van der Waals surface area (Å²) in [5.74, 6) is 1.53. The number of amides is 2. The number of hydrogen-bond acceptors (Lipinski definition) is 4. The predicted octanol–water partition coefficient (Wildman–Crippen LogP) is 5.00. The molecule has 3 aromatic rings. The average molecular weight is 511 g/mol. The number of imidazole rings is 1. The molecule has 7 nitrogen and oxygen atoms in total. The summed E-state index contributed by atoms with van der Waals surface area (Å²) in [7, 11) is 0. The number of unbranched alkanes of at least 4 members (excludes halogenated alkanes) is 1. The molecule has 0 atom stereocenters. The van der Waals surface area contributed by atoms with Crippen molar-refractivity contribution in [3.8, 4) is 5.75 Å². The van der Waals surface area contributed by atoms with E-state index in [4.69, 9.17) is 21.1 Å². The van der Waals surface area contributed by atoms with E-state index >= 15 is 0 Å². The van der Waals surface area contributed by atoms with Gasteiger partial charge in [-0.1, -0.05) is 37.1 Å². The van der Waals surface area contributed by atoms with Crippen LogP contribution in [0.4, 0.5) is 0 Å². The van der Waals surface area contributed by atoms with Gasteiger partial charge in [-0.15, -0.1) is 0 Å². The minimum Gasteiger partial charge on any atom is -0.492 e. The van der Waals surface area contributed by atoms with Gasteiger partial charge in [0.2, 0.25) is 0 Å². The van der Waals surface area contributed by atoms with E-state index in [1.165, 1.54) is 4.90 Å². The largest absolute Gasteiger partial charge is 0.492 e. The molecule has 0 aliphatic carbocycles. The molecule has 2 aliphatic rings. The second-order valence-electron chi connectivity index (χ2n) is 9.54. The summed E-state index contributed by atoms with van der Waals surface area (Å²) in [6.45, 7) is 7.97. The standard InChI is InChI=1S/C28H33ClN3O4/c1-3-5-12-36-25-16-24-23(15-22(25)29)30(4-2)26(31(24)17-19-10-13-35-14-11-19)18-32-27(33)20-8-6-7-9-21(20)28(32)34/h6-9,15-16,19H,3-5,10-14,17-18H2,1-2H3/q+1. The van der Waals surface area contributed by atoms with Crippen LogP contribution >= 0.6 is 11.6 Å². The molecule has 3 heterocycles. The lowest BCUT2D eigenvalue weighted by Gasteiger charge is -2.21. The molecule has 0 saturated carbocycles. The monoisotopic (exact) mass is 510 g/mol. The van der Waals surface area contributed by atoms with Gasteiger partial charge < -0.3 is 9.47 Å². The summed E-state index contributed by atoms with van der Waals surface area (Å²) in [5, 5.41) is 0.566. The van der Waals surface area contributed by atoms with E-state index in [9.17, 15) is 9.59 Å². The Morgan fingerprint density at radius 1 is 1.08 bits per heavy atom. The Labute approximate surface area is 216 Å². The van der Waals surface area contributed by atoms with Gasteiger partial charge in [0.1, 0.15) is 12.3 Å². The maximum atomic E-state index is 13.2. The van der Waals surface area contributed by atoms with Gasteiger partial charge in [-0.2, -0.15) is 0 Å². The van der Waals surface area contributed by atoms with Crippen LogP contribution in [0.2, 0.25) is 5.02 Å². The molecular weight excluding hydrogens is 478 g/mol. The molecule has 1 saturated heterocycles. The molecule has 5 rings (SSSR count). The third-order valence-electron chi connectivity index (χ3n) is 7.26. The van der Waals surface area contributed by atoms with Crippen LogP contribution in [0.25, 0.3) is 11.0 Å². The quantitative estimate of drug-likeness (QED) is 0.231. The molecular formula is C28H33ClN3O4+. The van der Waals surface area contributed by atoms with E-state index in [1.54, 1.807) is 24.3 Å². The maximum Gasteiger partial charge on any atom is 0.277 e. The summed E-state index contributed by atoms with van der Waals surface area (Å²) in [5.41, 5.74) is 2.91. The van der Waals surface area contributed by atoms with Gasteiger partial charge in [0.05, 0.1) is 35.8 Å². The topological polar surface area (TPSA) is 64.7 Å². The Morgan fingerprint density at radius 3 is 2.42 bits per heavy atom. The van der Waals surface area contributed by atoms with Gasteiger partial charge in [-0.05, 0) is 38.3 Å². The highest BCUT2D eigenvalue weighted by Crippen LogP contribution is 2.32. The van der Waals surface area contributed by atoms with Crippen molar-refractivity contribution in [2.45, 2.75) is 59.2 Å². The Morgan fingerprint density at radius 2 is 1.78 bits per heavy atom. The van der Waals surface area contributed by atoms with E-state index in [-0.39, 0.29) is 18.4 Å². The van der Waals surface area contributed by atoms with Crippen LogP contribution in [-0.2, 0) is 24.4 Å². The van der Waals surface area contributed by atoms with Gasteiger partial charge in [0.15, 0.2) is 11.0 Å². The van der Waals surface area contributed by atoms with E-state index in [2.05, 4.69) is 23.0 Å². The summed E-state index contributed by atoms with van der Waals surface area (Å²) >= 11 is 6.66. The number of nitrogens with zero attached hydrogens (tertiary/aromatic N) is 3. The molecule has 1 fully saturated rings. The van der Waals surface area contributed by atoms with E-state index in [0.717, 1.165) is 62.3 Å². The Balaban J connectivity index is 1.59. The number of halogens is 1. The minimum atomic E-state index is -0.247. The molecule has 2 aromatic carbocycles. The molecule has 0 unspecified atom stereocenters. The summed E-state index contributed by atoms with van der Waals surface area (Å²) < 4.78 is 16.1. The number of rotatable bonds is 9. The third kappa shape index (κ3) is 4.50. The van der Waals surface area contributed by atoms with Crippen molar-refractivity contribution in [2.75, 3.05) is 19.8 Å². The van der Waals surface area contributed by atoms with Gasteiger partial charge in [0.25, 0.3) is 17.6 Å². The number of fused-ring (bicyclic) bond motifs is 2. The number of ether oxygens (including phenoxy) is 2. The first kappa shape index (κ1) is 24.8. The van der Waals surface area contributed by atoms with Crippen LogP contribution in [0.5, 0.6) is 5.75 Å². The zero-order valence-corrected chi connectivity index (χ0v) is 21.7. The number of aryl methyl sites for hydroxylation is 1. The number of carbonyl (C=O) groups excluding carboxylic acids is 2.